The average Bonchev–Trinajstić information content (AvgIpc) is 2.90. The Morgan fingerprint density at radius 2 is 1.58 bits per heavy atom. The second-order valence-electron chi connectivity index (χ2n) is 6.65. The van der Waals surface area contributed by atoms with Crippen molar-refractivity contribution in [2.45, 2.75) is 44.6 Å². The molecule has 3 rings (SSSR count). The molecule has 3 nitrogen and oxygen atoms in total. The fraction of sp³-hybridized carbons (Fsp3) is 0.381. The molecule has 0 bridgehead atoms. The third kappa shape index (κ3) is 4.68. The first-order chi connectivity index (χ1) is 11.8. The predicted octanol–water partition coefficient (Wildman–Crippen LogP) is 3.58. The average molecular weight is 323 g/mol. The van der Waals surface area contributed by atoms with E-state index in [4.69, 9.17) is 0 Å². The Balaban J connectivity index is 1.60. The van der Waals surface area contributed by atoms with Crippen molar-refractivity contribution in [3.8, 4) is 11.1 Å². The zero-order chi connectivity index (χ0) is 16.6. The van der Waals surface area contributed by atoms with E-state index < -0.39 is 0 Å². The summed E-state index contributed by atoms with van der Waals surface area (Å²) in [6.07, 6.45) is 7.79. The van der Waals surface area contributed by atoms with Gasteiger partial charge in [-0.1, -0.05) is 61.4 Å². The first-order valence-corrected chi connectivity index (χ1v) is 9.10. The lowest BCUT2D eigenvalue weighted by Crippen LogP contribution is -2.91. The van der Waals surface area contributed by atoms with E-state index in [1.165, 1.54) is 38.5 Å². The molecule has 24 heavy (non-hydrogen) atoms. The predicted molar refractivity (Wildman–Crippen MR) is 98.8 cm³/mol. The van der Waals surface area contributed by atoms with Crippen LogP contribution in [0.5, 0.6) is 0 Å². The Morgan fingerprint density at radius 1 is 0.917 bits per heavy atom. The number of carbonyl (C=O) groups is 1. The Morgan fingerprint density at radius 3 is 2.33 bits per heavy atom. The van der Waals surface area contributed by atoms with E-state index in [1.807, 2.05) is 36.4 Å². The molecule has 2 aromatic rings. The third-order valence-corrected chi connectivity index (χ3v) is 4.82. The number of rotatable bonds is 5. The maximum absolute atomic E-state index is 12.4. The number of hydrogen-bond donors (Lipinski definition) is 2. The van der Waals surface area contributed by atoms with Gasteiger partial charge in [-0.25, -0.2) is 0 Å². The zero-order valence-electron chi connectivity index (χ0n) is 14.2. The lowest BCUT2D eigenvalue weighted by Gasteiger charge is -2.14. The Labute approximate surface area is 144 Å². The molecule has 1 saturated carbocycles. The number of nitrogens with two attached hydrogens (primary N) is 1. The van der Waals surface area contributed by atoms with Gasteiger partial charge in [0.25, 0.3) is 5.91 Å². The fourth-order valence-electron chi connectivity index (χ4n) is 3.48. The standard InChI is InChI=1S/C21H26N2O/c24-21(16-22-18-12-6-1-2-7-13-18)23-20-15-9-8-14-19(20)17-10-4-3-5-11-17/h3-5,8-11,14-15,18,22H,1-2,6-7,12-13,16H2,(H,23,24)/p+1. The highest BCUT2D eigenvalue weighted by molar-refractivity contribution is 5.95. The molecule has 0 atom stereocenters. The van der Waals surface area contributed by atoms with Crippen LogP contribution in [-0.4, -0.2) is 18.5 Å². The molecule has 0 aliphatic heterocycles. The van der Waals surface area contributed by atoms with Gasteiger partial charge in [0.2, 0.25) is 0 Å². The van der Waals surface area contributed by atoms with Crippen molar-refractivity contribution in [2.75, 3.05) is 11.9 Å². The van der Waals surface area contributed by atoms with E-state index in [-0.39, 0.29) is 5.91 Å². The van der Waals surface area contributed by atoms with E-state index in [9.17, 15) is 4.79 Å². The van der Waals surface area contributed by atoms with Crippen LogP contribution in [0.1, 0.15) is 38.5 Å². The van der Waals surface area contributed by atoms with Crippen LogP contribution in [0.3, 0.4) is 0 Å². The van der Waals surface area contributed by atoms with Gasteiger partial charge in [0.1, 0.15) is 0 Å². The molecule has 3 N–H and O–H groups in total. The van der Waals surface area contributed by atoms with Gasteiger partial charge in [-0.2, -0.15) is 0 Å². The van der Waals surface area contributed by atoms with Crippen LogP contribution in [0.25, 0.3) is 11.1 Å². The van der Waals surface area contributed by atoms with Crippen molar-refractivity contribution in [1.29, 1.82) is 0 Å². The number of carbonyl (C=O) groups excluding carboxylic acids is 1. The molecule has 3 heteroatoms. The normalized spacial score (nSPS) is 15.7. The van der Waals surface area contributed by atoms with Crippen LogP contribution < -0.4 is 10.6 Å². The molecule has 2 aromatic carbocycles. The summed E-state index contributed by atoms with van der Waals surface area (Å²) in [6, 6.07) is 18.8. The minimum absolute atomic E-state index is 0.0858. The topological polar surface area (TPSA) is 45.7 Å². The van der Waals surface area contributed by atoms with Crippen LogP contribution in [0.2, 0.25) is 0 Å². The SMILES string of the molecule is O=C(C[NH2+]C1CCCCCC1)Nc1ccccc1-c1ccccc1. The number of benzene rings is 2. The number of anilines is 1. The van der Waals surface area contributed by atoms with Gasteiger partial charge in [0.15, 0.2) is 6.54 Å². The molecular weight excluding hydrogens is 296 g/mol. The highest BCUT2D eigenvalue weighted by Crippen LogP contribution is 2.27. The number of para-hydroxylation sites is 1. The Hall–Kier alpha value is -2.13. The highest BCUT2D eigenvalue weighted by atomic mass is 16.1. The molecular formula is C21H27N2O+. The van der Waals surface area contributed by atoms with Crippen LogP contribution >= 0.6 is 0 Å². The largest absolute Gasteiger partial charge is 0.336 e. The molecule has 0 unspecified atom stereocenters. The van der Waals surface area contributed by atoms with Crippen LogP contribution in [0, 0.1) is 0 Å². The lowest BCUT2D eigenvalue weighted by atomic mass is 10.0. The molecule has 126 valence electrons. The Kier molecular flexibility index (Phi) is 6.02. The summed E-state index contributed by atoms with van der Waals surface area (Å²) >= 11 is 0. The van der Waals surface area contributed by atoms with Crippen molar-refractivity contribution >= 4 is 11.6 Å². The lowest BCUT2D eigenvalue weighted by molar-refractivity contribution is -0.680. The maximum Gasteiger partial charge on any atom is 0.279 e. The summed E-state index contributed by atoms with van der Waals surface area (Å²) in [4.78, 5) is 12.4. The van der Waals surface area contributed by atoms with Gasteiger partial charge in [0.05, 0.1) is 6.04 Å². The van der Waals surface area contributed by atoms with Gasteiger partial charge in [0, 0.05) is 11.3 Å². The van der Waals surface area contributed by atoms with Crippen LogP contribution in [0.4, 0.5) is 5.69 Å². The van der Waals surface area contributed by atoms with Gasteiger partial charge in [-0.15, -0.1) is 0 Å². The summed E-state index contributed by atoms with van der Waals surface area (Å²) < 4.78 is 0. The van der Waals surface area contributed by atoms with Gasteiger partial charge < -0.3 is 10.6 Å². The first-order valence-electron chi connectivity index (χ1n) is 9.10. The van der Waals surface area contributed by atoms with Crippen molar-refractivity contribution in [3.05, 3.63) is 54.6 Å². The fourth-order valence-corrected chi connectivity index (χ4v) is 3.48. The molecule has 1 fully saturated rings. The highest BCUT2D eigenvalue weighted by Gasteiger charge is 2.17. The number of nitrogens with one attached hydrogen (secondary N) is 1. The molecule has 0 saturated heterocycles. The van der Waals surface area contributed by atoms with E-state index in [0.29, 0.717) is 12.6 Å². The summed E-state index contributed by atoms with van der Waals surface area (Å²) in [7, 11) is 0. The second kappa shape index (κ2) is 8.65. The Bertz CT molecular complexity index is 646. The number of hydrogen-bond acceptors (Lipinski definition) is 1. The summed E-state index contributed by atoms with van der Waals surface area (Å²) in [5, 5.41) is 5.32. The van der Waals surface area contributed by atoms with Gasteiger partial charge in [-0.05, 0) is 37.3 Å². The molecule has 0 heterocycles. The van der Waals surface area contributed by atoms with E-state index >= 15 is 0 Å². The monoisotopic (exact) mass is 323 g/mol. The minimum Gasteiger partial charge on any atom is -0.336 e. The van der Waals surface area contributed by atoms with Crippen molar-refractivity contribution in [1.82, 2.24) is 0 Å². The third-order valence-electron chi connectivity index (χ3n) is 4.82. The summed E-state index contributed by atoms with van der Waals surface area (Å²) in [5.41, 5.74) is 3.09. The smallest absolute Gasteiger partial charge is 0.279 e. The van der Waals surface area contributed by atoms with E-state index in [2.05, 4.69) is 28.8 Å². The molecule has 1 aliphatic rings. The van der Waals surface area contributed by atoms with E-state index in [0.717, 1.165) is 16.8 Å². The number of amides is 1. The van der Waals surface area contributed by atoms with Crippen LogP contribution in [0.15, 0.2) is 54.6 Å². The molecule has 0 radical (unpaired) electrons. The van der Waals surface area contributed by atoms with E-state index in [1.54, 1.807) is 0 Å². The zero-order valence-corrected chi connectivity index (χ0v) is 14.2. The molecule has 1 aliphatic carbocycles. The maximum atomic E-state index is 12.4. The second-order valence-corrected chi connectivity index (χ2v) is 6.65. The summed E-state index contributed by atoms with van der Waals surface area (Å²) in [5.74, 6) is 0.0858. The van der Waals surface area contributed by atoms with Gasteiger partial charge in [-0.3, -0.25) is 4.79 Å². The quantitative estimate of drug-likeness (QED) is 0.812. The molecule has 1 amide bonds. The van der Waals surface area contributed by atoms with Crippen LogP contribution in [-0.2, 0) is 4.79 Å². The molecule has 0 spiro atoms. The van der Waals surface area contributed by atoms with Crippen molar-refractivity contribution in [3.63, 3.8) is 0 Å². The number of quaternary nitrogens is 1. The summed E-state index contributed by atoms with van der Waals surface area (Å²) in [6.45, 7) is 0.508. The first kappa shape index (κ1) is 16.7. The minimum atomic E-state index is 0.0858. The van der Waals surface area contributed by atoms with Crippen molar-refractivity contribution in [2.24, 2.45) is 0 Å². The van der Waals surface area contributed by atoms with Crippen molar-refractivity contribution < 1.29 is 10.1 Å². The molecule has 0 aromatic heterocycles. The van der Waals surface area contributed by atoms with Gasteiger partial charge >= 0.3 is 0 Å².